The van der Waals surface area contributed by atoms with E-state index in [4.69, 9.17) is 0 Å². The van der Waals surface area contributed by atoms with Gasteiger partial charge in [-0.2, -0.15) is 4.31 Å². The fourth-order valence-corrected chi connectivity index (χ4v) is 3.29. The second-order valence-electron chi connectivity index (χ2n) is 3.14. The van der Waals surface area contributed by atoms with Crippen LogP contribution in [-0.2, 0) is 16.6 Å². The number of nitrogens with zero attached hydrogens (tertiary/aromatic N) is 1. The van der Waals surface area contributed by atoms with Crippen LogP contribution in [0.2, 0.25) is 0 Å². The van der Waals surface area contributed by atoms with Crippen LogP contribution in [0.5, 0.6) is 0 Å². The molecule has 3 nitrogen and oxygen atoms in total. The maximum Gasteiger partial charge on any atom is 0.243 e. The molecule has 0 saturated heterocycles. The van der Waals surface area contributed by atoms with Gasteiger partial charge < -0.3 is 0 Å². The zero-order valence-corrected chi connectivity index (χ0v) is 9.69. The number of benzene rings is 1. The summed E-state index contributed by atoms with van der Waals surface area (Å²) < 4.78 is 37.7. The standard InChI is InChI=1S/C8H7BrFNO2S/c1-11-4-5-2-7(10)6(9)3-8(5)14(11,12)13/h2-3H,4H2,1H3. The fourth-order valence-electron chi connectivity index (χ4n) is 1.43. The molecule has 0 saturated carbocycles. The van der Waals surface area contributed by atoms with Crippen LogP contribution in [0.15, 0.2) is 21.5 Å². The van der Waals surface area contributed by atoms with Crippen molar-refractivity contribution in [2.24, 2.45) is 0 Å². The summed E-state index contributed by atoms with van der Waals surface area (Å²) in [5, 5.41) is 0. The topological polar surface area (TPSA) is 37.4 Å². The largest absolute Gasteiger partial charge is 0.243 e. The highest BCUT2D eigenvalue weighted by Crippen LogP contribution is 2.32. The lowest BCUT2D eigenvalue weighted by Gasteiger charge is -2.04. The Balaban J connectivity index is 2.73. The van der Waals surface area contributed by atoms with E-state index in [0.717, 1.165) is 0 Å². The number of halogens is 2. The Morgan fingerprint density at radius 1 is 1.50 bits per heavy atom. The predicted octanol–water partition coefficient (Wildman–Crippen LogP) is 1.72. The van der Waals surface area contributed by atoms with Gasteiger partial charge in [-0.05, 0) is 33.6 Å². The molecule has 2 rings (SSSR count). The Morgan fingerprint density at radius 2 is 2.14 bits per heavy atom. The van der Waals surface area contributed by atoms with Crippen LogP contribution < -0.4 is 0 Å². The van der Waals surface area contributed by atoms with Crippen molar-refractivity contribution >= 4 is 26.0 Å². The normalized spacial score (nSPS) is 19.6. The van der Waals surface area contributed by atoms with E-state index in [1.165, 1.54) is 23.5 Å². The van der Waals surface area contributed by atoms with Gasteiger partial charge in [-0.25, -0.2) is 12.8 Å². The number of rotatable bonds is 0. The summed E-state index contributed by atoms with van der Waals surface area (Å²) in [6.45, 7) is 0.238. The average molecular weight is 280 g/mol. The summed E-state index contributed by atoms with van der Waals surface area (Å²) >= 11 is 2.96. The van der Waals surface area contributed by atoms with Crippen LogP contribution in [0.4, 0.5) is 4.39 Å². The Kier molecular flexibility index (Phi) is 2.17. The van der Waals surface area contributed by atoms with Crippen molar-refractivity contribution in [3.05, 3.63) is 28.0 Å². The molecule has 0 bridgehead atoms. The highest BCUT2D eigenvalue weighted by Gasteiger charge is 2.32. The zero-order chi connectivity index (χ0) is 10.5. The molecule has 1 aromatic rings. The Labute approximate surface area is 89.7 Å². The molecule has 0 radical (unpaired) electrons. The van der Waals surface area contributed by atoms with Crippen molar-refractivity contribution in [1.82, 2.24) is 4.31 Å². The third kappa shape index (κ3) is 1.29. The molecule has 0 amide bonds. The molecule has 1 heterocycles. The quantitative estimate of drug-likeness (QED) is 0.725. The van der Waals surface area contributed by atoms with Crippen molar-refractivity contribution in [2.75, 3.05) is 7.05 Å². The van der Waals surface area contributed by atoms with Gasteiger partial charge in [0.2, 0.25) is 10.0 Å². The van der Waals surface area contributed by atoms with Crippen LogP contribution in [0, 0.1) is 5.82 Å². The molecule has 0 unspecified atom stereocenters. The van der Waals surface area contributed by atoms with Gasteiger partial charge in [0.25, 0.3) is 0 Å². The van der Waals surface area contributed by atoms with Gasteiger partial charge in [0.1, 0.15) is 5.82 Å². The summed E-state index contributed by atoms with van der Waals surface area (Å²) in [4.78, 5) is 0.188. The van der Waals surface area contributed by atoms with E-state index in [9.17, 15) is 12.8 Å². The van der Waals surface area contributed by atoms with Crippen LogP contribution >= 0.6 is 15.9 Å². The van der Waals surface area contributed by atoms with E-state index < -0.39 is 15.8 Å². The molecule has 14 heavy (non-hydrogen) atoms. The lowest BCUT2D eigenvalue weighted by atomic mass is 10.2. The molecule has 0 atom stereocenters. The van der Waals surface area contributed by atoms with Crippen LogP contribution in [0.3, 0.4) is 0 Å². The molecule has 0 aliphatic carbocycles. The van der Waals surface area contributed by atoms with E-state index in [2.05, 4.69) is 15.9 Å². The van der Waals surface area contributed by atoms with E-state index >= 15 is 0 Å². The molecule has 6 heteroatoms. The van der Waals surface area contributed by atoms with Crippen LogP contribution in [0.25, 0.3) is 0 Å². The number of hydrogen-bond donors (Lipinski definition) is 0. The number of hydrogen-bond acceptors (Lipinski definition) is 2. The molecule has 0 fully saturated rings. The van der Waals surface area contributed by atoms with E-state index in [-0.39, 0.29) is 15.9 Å². The lowest BCUT2D eigenvalue weighted by molar-refractivity contribution is 0.488. The Bertz CT molecular complexity index is 500. The molecular formula is C8H7BrFNO2S. The van der Waals surface area contributed by atoms with Crippen molar-refractivity contribution in [1.29, 1.82) is 0 Å². The first-order valence-electron chi connectivity index (χ1n) is 3.87. The van der Waals surface area contributed by atoms with Crippen molar-refractivity contribution in [2.45, 2.75) is 11.4 Å². The maximum absolute atomic E-state index is 13.1. The molecular weight excluding hydrogens is 273 g/mol. The maximum atomic E-state index is 13.1. The first-order chi connectivity index (χ1) is 6.43. The minimum absolute atomic E-state index is 0.176. The highest BCUT2D eigenvalue weighted by molar-refractivity contribution is 9.10. The molecule has 0 N–H and O–H groups in total. The second-order valence-corrected chi connectivity index (χ2v) is 6.00. The Hall–Kier alpha value is -0.460. The van der Waals surface area contributed by atoms with Gasteiger partial charge in [-0.3, -0.25) is 0 Å². The van der Waals surface area contributed by atoms with Gasteiger partial charge in [-0.1, -0.05) is 0 Å². The van der Waals surface area contributed by atoms with Gasteiger partial charge >= 0.3 is 0 Å². The smallest absolute Gasteiger partial charge is 0.207 e. The number of fused-ring (bicyclic) bond motifs is 1. The first kappa shape index (κ1) is 10.1. The molecule has 0 aromatic heterocycles. The van der Waals surface area contributed by atoms with Crippen molar-refractivity contribution < 1.29 is 12.8 Å². The van der Waals surface area contributed by atoms with E-state index in [1.54, 1.807) is 0 Å². The summed E-state index contributed by atoms with van der Waals surface area (Å²) in [5.74, 6) is -0.436. The van der Waals surface area contributed by atoms with Crippen LogP contribution in [-0.4, -0.2) is 19.8 Å². The van der Waals surface area contributed by atoms with Gasteiger partial charge in [0.15, 0.2) is 0 Å². The van der Waals surface area contributed by atoms with Crippen molar-refractivity contribution in [3.63, 3.8) is 0 Å². The van der Waals surface area contributed by atoms with E-state index in [1.807, 2.05) is 0 Å². The van der Waals surface area contributed by atoms with Crippen LogP contribution in [0.1, 0.15) is 5.56 Å². The van der Waals surface area contributed by atoms with E-state index in [0.29, 0.717) is 5.56 Å². The lowest BCUT2D eigenvalue weighted by Crippen LogP contribution is -2.18. The molecule has 1 aliphatic heterocycles. The van der Waals surface area contributed by atoms with Gasteiger partial charge in [0.05, 0.1) is 9.37 Å². The van der Waals surface area contributed by atoms with Crippen molar-refractivity contribution in [3.8, 4) is 0 Å². The monoisotopic (exact) mass is 279 g/mol. The summed E-state index contributed by atoms with van der Waals surface area (Å²) in [6.07, 6.45) is 0. The second kappa shape index (κ2) is 3.01. The minimum atomic E-state index is -3.39. The third-order valence-electron chi connectivity index (χ3n) is 2.18. The molecule has 76 valence electrons. The minimum Gasteiger partial charge on any atom is -0.207 e. The Morgan fingerprint density at radius 3 is 2.79 bits per heavy atom. The average Bonchev–Trinajstić information content (AvgIpc) is 2.28. The third-order valence-corrected chi connectivity index (χ3v) is 4.68. The molecule has 1 aromatic carbocycles. The SMILES string of the molecule is CN1Cc2cc(F)c(Br)cc2S1(=O)=O. The predicted molar refractivity (Wildman–Crippen MR) is 52.8 cm³/mol. The van der Waals surface area contributed by atoms with Gasteiger partial charge in [-0.15, -0.1) is 0 Å². The highest BCUT2D eigenvalue weighted by atomic mass is 79.9. The number of sulfonamides is 1. The molecule has 1 aliphatic rings. The zero-order valence-electron chi connectivity index (χ0n) is 7.29. The van der Waals surface area contributed by atoms with Gasteiger partial charge in [0, 0.05) is 13.6 Å². The summed E-state index contributed by atoms with van der Waals surface area (Å²) in [7, 11) is -1.91. The fraction of sp³-hybridized carbons (Fsp3) is 0.250. The molecule has 0 spiro atoms. The summed E-state index contributed by atoms with van der Waals surface area (Å²) in [5.41, 5.74) is 0.508. The summed E-state index contributed by atoms with van der Waals surface area (Å²) in [6, 6.07) is 2.56. The first-order valence-corrected chi connectivity index (χ1v) is 6.10.